The molecule has 7 nitrogen and oxygen atoms in total. The summed E-state index contributed by atoms with van der Waals surface area (Å²) in [6.07, 6.45) is 2.75. The van der Waals surface area contributed by atoms with Crippen LogP contribution in [0.25, 0.3) is 5.57 Å². The van der Waals surface area contributed by atoms with E-state index in [2.05, 4.69) is 10.1 Å². The second kappa shape index (κ2) is 10.7. The van der Waals surface area contributed by atoms with E-state index in [9.17, 15) is 4.79 Å². The second-order valence-corrected chi connectivity index (χ2v) is 5.82. The van der Waals surface area contributed by atoms with Gasteiger partial charge in [-0.2, -0.15) is 0 Å². The van der Waals surface area contributed by atoms with Crippen molar-refractivity contribution in [2.24, 2.45) is 5.16 Å². The Bertz CT molecular complexity index is 834. The highest BCUT2D eigenvalue weighted by Gasteiger charge is 2.17. The molecule has 1 heterocycles. The van der Waals surface area contributed by atoms with Crippen molar-refractivity contribution in [1.82, 2.24) is 4.98 Å². The molecule has 0 bridgehead atoms. The first kappa shape index (κ1) is 21.0. The van der Waals surface area contributed by atoms with E-state index in [4.69, 9.17) is 19.0 Å². The maximum absolute atomic E-state index is 12.0. The number of benzene rings is 1. The predicted octanol–water partition coefficient (Wildman–Crippen LogP) is 3.87. The van der Waals surface area contributed by atoms with Crippen molar-refractivity contribution < 1.29 is 23.8 Å². The molecule has 0 N–H and O–H groups in total. The van der Waals surface area contributed by atoms with Crippen LogP contribution in [0.5, 0.6) is 0 Å². The smallest absolute Gasteiger partial charge is 0.341 e. The summed E-state index contributed by atoms with van der Waals surface area (Å²) in [7, 11) is 2.79. The van der Waals surface area contributed by atoms with Crippen molar-refractivity contribution in [3.05, 3.63) is 71.7 Å². The Labute approximate surface area is 164 Å². The zero-order valence-electron chi connectivity index (χ0n) is 16.4. The van der Waals surface area contributed by atoms with Crippen LogP contribution in [0.3, 0.4) is 0 Å². The molecule has 0 radical (unpaired) electrons. The van der Waals surface area contributed by atoms with E-state index in [-0.39, 0.29) is 12.7 Å². The first-order valence-electron chi connectivity index (χ1n) is 8.70. The summed E-state index contributed by atoms with van der Waals surface area (Å²) in [5, 5.41) is 4.00. The Morgan fingerprint density at radius 2 is 1.93 bits per heavy atom. The molecule has 7 heteroatoms. The lowest BCUT2D eigenvalue weighted by molar-refractivity contribution is -0.133. The van der Waals surface area contributed by atoms with Crippen LogP contribution in [-0.2, 0) is 30.4 Å². The largest absolute Gasteiger partial charge is 0.503 e. The van der Waals surface area contributed by atoms with Gasteiger partial charge in [0.15, 0.2) is 6.10 Å². The van der Waals surface area contributed by atoms with Gasteiger partial charge in [0.05, 0.1) is 26.2 Å². The van der Waals surface area contributed by atoms with Crippen molar-refractivity contribution in [3.63, 3.8) is 0 Å². The zero-order valence-corrected chi connectivity index (χ0v) is 16.4. The van der Waals surface area contributed by atoms with Gasteiger partial charge in [0.2, 0.25) is 5.90 Å². The van der Waals surface area contributed by atoms with E-state index < -0.39 is 5.97 Å². The number of carbonyl (C=O) groups excluding carboxylic acids is 1. The molecular formula is C21H24N2O5. The van der Waals surface area contributed by atoms with Gasteiger partial charge in [-0.3, -0.25) is 4.98 Å². The van der Waals surface area contributed by atoms with Crippen LogP contribution in [0, 0.1) is 0 Å². The number of aromatic nitrogens is 1. The Balaban J connectivity index is 2.06. The number of carbonyl (C=O) groups is 1. The molecule has 1 unspecified atom stereocenters. The van der Waals surface area contributed by atoms with Gasteiger partial charge in [0, 0.05) is 13.1 Å². The Morgan fingerprint density at radius 3 is 2.61 bits per heavy atom. The Morgan fingerprint density at radius 1 is 1.18 bits per heavy atom. The molecule has 0 spiro atoms. The van der Waals surface area contributed by atoms with Gasteiger partial charge in [-0.05, 0) is 30.2 Å². The third-order valence-corrected chi connectivity index (χ3v) is 3.83. The van der Waals surface area contributed by atoms with E-state index in [1.54, 1.807) is 19.2 Å². The molecular weight excluding hydrogens is 360 g/mol. The fourth-order valence-corrected chi connectivity index (χ4v) is 2.39. The average molecular weight is 384 g/mol. The summed E-state index contributed by atoms with van der Waals surface area (Å²) in [4.78, 5) is 21.7. The van der Waals surface area contributed by atoms with Gasteiger partial charge in [0.25, 0.3) is 0 Å². The highest BCUT2D eigenvalue weighted by Crippen LogP contribution is 2.22. The maximum atomic E-state index is 12.0. The monoisotopic (exact) mass is 384 g/mol. The molecule has 0 aliphatic heterocycles. The summed E-state index contributed by atoms with van der Waals surface area (Å²) in [5.41, 5.74) is 2.52. The third kappa shape index (κ3) is 5.84. The topological polar surface area (TPSA) is 79.2 Å². The van der Waals surface area contributed by atoms with Crippen LogP contribution in [0.4, 0.5) is 0 Å². The summed E-state index contributed by atoms with van der Waals surface area (Å²) >= 11 is 0. The van der Waals surface area contributed by atoms with Crippen molar-refractivity contribution in [2.75, 3.05) is 14.2 Å². The number of methoxy groups -OCH3 is 2. The summed E-state index contributed by atoms with van der Waals surface area (Å²) in [6.45, 7) is 3.75. The van der Waals surface area contributed by atoms with Crippen LogP contribution in [-0.4, -0.2) is 31.1 Å². The number of pyridine rings is 1. The normalized spacial score (nSPS) is 12.9. The van der Waals surface area contributed by atoms with Gasteiger partial charge in [-0.1, -0.05) is 35.5 Å². The van der Waals surface area contributed by atoms with Crippen molar-refractivity contribution in [1.29, 1.82) is 0 Å². The van der Waals surface area contributed by atoms with Crippen molar-refractivity contribution in [3.8, 4) is 0 Å². The fourth-order valence-electron chi connectivity index (χ4n) is 2.39. The average Bonchev–Trinajstić information content (AvgIpc) is 2.74. The molecule has 1 atom stereocenters. The number of ether oxygens (including phenoxy) is 3. The van der Waals surface area contributed by atoms with Gasteiger partial charge < -0.3 is 19.0 Å². The highest BCUT2D eigenvalue weighted by molar-refractivity contribution is 6.16. The van der Waals surface area contributed by atoms with Crippen molar-refractivity contribution >= 4 is 17.4 Å². The SMILES string of the molecule is CO/C=C(/C(=O)OC)c1ccccc1CO/C(C)=N/OC(C)c1ccccn1. The van der Waals surface area contributed by atoms with E-state index in [0.717, 1.165) is 11.3 Å². The minimum atomic E-state index is -0.493. The summed E-state index contributed by atoms with van der Waals surface area (Å²) < 4.78 is 15.5. The Hall–Kier alpha value is -3.35. The Kier molecular flexibility index (Phi) is 8.02. The molecule has 0 aliphatic rings. The van der Waals surface area contributed by atoms with Gasteiger partial charge in [-0.25, -0.2) is 4.79 Å². The number of hydrogen-bond acceptors (Lipinski definition) is 7. The van der Waals surface area contributed by atoms with E-state index in [0.29, 0.717) is 17.0 Å². The zero-order chi connectivity index (χ0) is 20.4. The van der Waals surface area contributed by atoms with Gasteiger partial charge in [-0.15, -0.1) is 0 Å². The highest BCUT2D eigenvalue weighted by atomic mass is 16.7. The molecule has 1 aromatic carbocycles. The lowest BCUT2D eigenvalue weighted by Gasteiger charge is -2.13. The summed E-state index contributed by atoms with van der Waals surface area (Å²) in [5.74, 6) is -0.139. The molecule has 0 saturated carbocycles. The number of oxime groups is 1. The number of esters is 1. The number of nitrogens with zero attached hydrogens (tertiary/aromatic N) is 2. The number of hydrogen-bond donors (Lipinski definition) is 0. The molecule has 0 fully saturated rings. The van der Waals surface area contributed by atoms with E-state index >= 15 is 0 Å². The minimum Gasteiger partial charge on any atom is -0.503 e. The van der Waals surface area contributed by atoms with Gasteiger partial charge in [0.1, 0.15) is 12.2 Å². The van der Waals surface area contributed by atoms with Crippen LogP contribution < -0.4 is 0 Å². The van der Waals surface area contributed by atoms with Crippen LogP contribution in [0.15, 0.2) is 60.1 Å². The molecule has 0 saturated heterocycles. The molecule has 0 aliphatic carbocycles. The lowest BCUT2D eigenvalue weighted by atomic mass is 10.0. The fraction of sp³-hybridized carbons (Fsp3) is 0.286. The maximum Gasteiger partial charge on any atom is 0.341 e. The first-order chi connectivity index (χ1) is 13.6. The first-order valence-corrected chi connectivity index (χ1v) is 8.70. The second-order valence-electron chi connectivity index (χ2n) is 5.82. The molecule has 148 valence electrons. The van der Waals surface area contributed by atoms with Crippen LogP contribution in [0.2, 0.25) is 0 Å². The van der Waals surface area contributed by atoms with Crippen LogP contribution in [0.1, 0.15) is 36.8 Å². The molecule has 28 heavy (non-hydrogen) atoms. The van der Waals surface area contributed by atoms with Crippen molar-refractivity contribution in [2.45, 2.75) is 26.6 Å². The predicted molar refractivity (Wildman–Crippen MR) is 105 cm³/mol. The quantitative estimate of drug-likeness (QED) is 0.172. The third-order valence-electron chi connectivity index (χ3n) is 3.83. The van der Waals surface area contributed by atoms with Crippen LogP contribution >= 0.6 is 0 Å². The minimum absolute atomic E-state index is 0.199. The number of rotatable bonds is 8. The summed E-state index contributed by atoms with van der Waals surface area (Å²) in [6, 6.07) is 12.9. The van der Waals surface area contributed by atoms with E-state index in [1.165, 1.54) is 20.5 Å². The molecule has 0 amide bonds. The van der Waals surface area contributed by atoms with E-state index in [1.807, 2.05) is 43.3 Å². The lowest BCUT2D eigenvalue weighted by Crippen LogP contribution is -2.09. The molecule has 1 aromatic heterocycles. The van der Waals surface area contributed by atoms with Gasteiger partial charge >= 0.3 is 5.97 Å². The molecule has 2 aromatic rings. The standard InChI is InChI=1S/C21H24N2O5/c1-15(20-11-7-8-12-22-20)28-23-16(2)27-13-17-9-5-6-10-18(17)19(14-25-3)21(24)26-4/h5-12,14-15H,13H2,1-4H3/b19-14+,23-16+. The molecule has 2 rings (SSSR count).